The van der Waals surface area contributed by atoms with Gasteiger partial charge in [0.15, 0.2) is 0 Å². The summed E-state index contributed by atoms with van der Waals surface area (Å²) >= 11 is 5.72. The van der Waals surface area contributed by atoms with Crippen LogP contribution in [0.3, 0.4) is 0 Å². The maximum absolute atomic E-state index is 10.8. The number of hydrogen-bond donors (Lipinski definition) is 0. The molecule has 0 saturated carbocycles. The summed E-state index contributed by atoms with van der Waals surface area (Å²) in [6.45, 7) is 3.37. The van der Waals surface area contributed by atoms with Crippen LogP contribution in [0.5, 0.6) is 5.75 Å². The lowest BCUT2D eigenvalue weighted by Crippen LogP contribution is -2.15. The topological polar surface area (TPSA) is 39.2 Å². The SMILES string of the molecule is CC(=O)CC(C)Oc1cncc(Cl)c1. The Labute approximate surface area is 88.1 Å². The van der Waals surface area contributed by atoms with Crippen LogP contribution >= 0.6 is 11.6 Å². The van der Waals surface area contributed by atoms with Crippen molar-refractivity contribution >= 4 is 17.4 Å². The fraction of sp³-hybridized carbons (Fsp3) is 0.400. The number of pyridine rings is 1. The second kappa shape index (κ2) is 4.96. The molecule has 0 aliphatic carbocycles. The van der Waals surface area contributed by atoms with E-state index in [0.29, 0.717) is 17.2 Å². The lowest BCUT2D eigenvalue weighted by atomic mass is 10.2. The predicted octanol–water partition coefficient (Wildman–Crippen LogP) is 2.48. The lowest BCUT2D eigenvalue weighted by molar-refractivity contribution is -0.118. The molecule has 14 heavy (non-hydrogen) atoms. The molecule has 1 aromatic rings. The number of Topliss-reactive ketones (excluding diaryl/α,β-unsaturated/α-hetero) is 1. The number of ether oxygens (including phenoxy) is 1. The van der Waals surface area contributed by atoms with Crippen LogP contribution in [0.25, 0.3) is 0 Å². The van der Waals surface area contributed by atoms with Crippen molar-refractivity contribution in [3.8, 4) is 5.75 Å². The molecule has 0 aliphatic rings. The maximum atomic E-state index is 10.8. The minimum Gasteiger partial charge on any atom is -0.489 e. The highest BCUT2D eigenvalue weighted by atomic mass is 35.5. The molecule has 0 aromatic carbocycles. The molecule has 0 saturated heterocycles. The summed E-state index contributed by atoms with van der Waals surface area (Å²) in [5, 5.41) is 0.525. The molecule has 1 heterocycles. The molecule has 0 radical (unpaired) electrons. The smallest absolute Gasteiger partial charge is 0.139 e. The summed E-state index contributed by atoms with van der Waals surface area (Å²) in [4.78, 5) is 14.7. The molecule has 4 heteroatoms. The van der Waals surface area contributed by atoms with Crippen LogP contribution < -0.4 is 4.74 Å². The average Bonchev–Trinajstić information content (AvgIpc) is 2.01. The van der Waals surface area contributed by atoms with Crippen molar-refractivity contribution in [3.63, 3.8) is 0 Å². The highest BCUT2D eigenvalue weighted by Crippen LogP contribution is 2.17. The third-order valence-corrected chi connectivity index (χ3v) is 1.80. The quantitative estimate of drug-likeness (QED) is 0.772. The van der Waals surface area contributed by atoms with E-state index in [2.05, 4.69) is 4.98 Å². The first-order valence-corrected chi connectivity index (χ1v) is 4.72. The van der Waals surface area contributed by atoms with E-state index in [1.54, 1.807) is 12.3 Å². The molecule has 1 aromatic heterocycles. The number of ketones is 1. The molecule has 76 valence electrons. The summed E-state index contributed by atoms with van der Waals surface area (Å²) < 4.78 is 5.44. The van der Waals surface area contributed by atoms with E-state index in [0.717, 1.165) is 0 Å². The predicted molar refractivity (Wildman–Crippen MR) is 54.6 cm³/mol. The third-order valence-electron chi connectivity index (χ3n) is 1.59. The zero-order valence-electron chi connectivity index (χ0n) is 8.16. The number of aromatic nitrogens is 1. The van der Waals surface area contributed by atoms with Crippen molar-refractivity contribution in [1.82, 2.24) is 4.98 Å². The molecule has 0 N–H and O–H groups in total. The Balaban J connectivity index is 2.55. The maximum Gasteiger partial charge on any atom is 0.139 e. The molecular weight excluding hydrogens is 202 g/mol. The first-order valence-electron chi connectivity index (χ1n) is 4.34. The number of rotatable bonds is 4. The fourth-order valence-electron chi connectivity index (χ4n) is 1.14. The summed E-state index contributed by atoms with van der Waals surface area (Å²) in [6, 6.07) is 1.67. The van der Waals surface area contributed by atoms with Crippen molar-refractivity contribution in [2.45, 2.75) is 26.4 Å². The Bertz CT molecular complexity index is 328. The van der Waals surface area contributed by atoms with Crippen LogP contribution in [0.1, 0.15) is 20.3 Å². The first-order chi connectivity index (χ1) is 6.58. The van der Waals surface area contributed by atoms with E-state index in [1.165, 1.54) is 13.1 Å². The van der Waals surface area contributed by atoms with E-state index >= 15 is 0 Å². The molecule has 0 bridgehead atoms. The normalized spacial score (nSPS) is 12.2. The van der Waals surface area contributed by atoms with Crippen LogP contribution in [0, 0.1) is 0 Å². The van der Waals surface area contributed by atoms with Crippen molar-refractivity contribution in [3.05, 3.63) is 23.5 Å². The van der Waals surface area contributed by atoms with Crippen LogP contribution in [0.2, 0.25) is 5.02 Å². The van der Waals surface area contributed by atoms with Gasteiger partial charge in [0.25, 0.3) is 0 Å². The monoisotopic (exact) mass is 213 g/mol. The van der Waals surface area contributed by atoms with Crippen LogP contribution in [-0.2, 0) is 4.79 Å². The van der Waals surface area contributed by atoms with Gasteiger partial charge in [-0.3, -0.25) is 9.78 Å². The molecular formula is C10H12ClNO2. The van der Waals surface area contributed by atoms with Gasteiger partial charge in [-0.25, -0.2) is 0 Å². The molecule has 0 fully saturated rings. The molecule has 3 nitrogen and oxygen atoms in total. The summed E-state index contributed by atoms with van der Waals surface area (Å²) in [7, 11) is 0. The van der Waals surface area contributed by atoms with Crippen molar-refractivity contribution in [2.75, 3.05) is 0 Å². The first kappa shape index (κ1) is 11.0. The third kappa shape index (κ3) is 3.75. The molecule has 1 rings (SSSR count). The Morgan fingerprint density at radius 1 is 1.64 bits per heavy atom. The minimum atomic E-state index is -0.146. The van der Waals surface area contributed by atoms with E-state index in [1.807, 2.05) is 6.92 Å². The van der Waals surface area contributed by atoms with E-state index in [9.17, 15) is 4.79 Å². The zero-order valence-corrected chi connectivity index (χ0v) is 8.91. The Morgan fingerprint density at radius 3 is 2.93 bits per heavy atom. The average molecular weight is 214 g/mol. The van der Waals surface area contributed by atoms with Gasteiger partial charge in [0.1, 0.15) is 17.6 Å². The second-order valence-corrected chi connectivity index (χ2v) is 3.61. The van der Waals surface area contributed by atoms with Gasteiger partial charge in [-0.1, -0.05) is 11.6 Å². The van der Waals surface area contributed by atoms with E-state index in [-0.39, 0.29) is 11.9 Å². The Kier molecular flexibility index (Phi) is 3.89. The summed E-state index contributed by atoms with van der Waals surface area (Å²) in [5.41, 5.74) is 0. The molecule has 1 unspecified atom stereocenters. The molecule has 0 spiro atoms. The van der Waals surface area contributed by atoms with Crippen molar-refractivity contribution < 1.29 is 9.53 Å². The number of hydrogen-bond acceptors (Lipinski definition) is 3. The second-order valence-electron chi connectivity index (χ2n) is 3.17. The molecule has 0 aliphatic heterocycles. The summed E-state index contributed by atoms with van der Waals surface area (Å²) in [6.07, 6.45) is 3.35. The largest absolute Gasteiger partial charge is 0.489 e. The zero-order chi connectivity index (χ0) is 10.6. The van der Waals surface area contributed by atoms with Gasteiger partial charge in [-0.15, -0.1) is 0 Å². The fourth-order valence-corrected chi connectivity index (χ4v) is 1.30. The lowest BCUT2D eigenvalue weighted by Gasteiger charge is -2.12. The highest BCUT2D eigenvalue weighted by Gasteiger charge is 2.07. The number of nitrogens with zero attached hydrogens (tertiary/aromatic N) is 1. The van der Waals surface area contributed by atoms with Gasteiger partial charge in [-0.2, -0.15) is 0 Å². The minimum absolute atomic E-state index is 0.104. The standard InChI is InChI=1S/C10H12ClNO2/c1-7(13)3-8(2)14-10-4-9(11)5-12-6-10/h4-6,8H,3H2,1-2H3. The van der Waals surface area contributed by atoms with Gasteiger partial charge >= 0.3 is 0 Å². The van der Waals surface area contributed by atoms with E-state index in [4.69, 9.17) is 16.3 Å². The number of carbonyl (C=O) groups is 1. The van der Waals surface area contributed by atoms with Gasteiger partial charge in [-0.05, 0) is 13.8 Å². The van der Waals surface area contributed by atoms with Crippen LogP contribution in [0.15, 0.2) is 18.5 Å². The van der Waals surface area contributed by atoms with Gasteiger partial charge in [0.05, 0.1) is 11.2 Å². The Morgan fingerprint density at radius 2 is 2.36 bits per heavy atom. The number of carbonyl (C=O) groups excluding carboxylic acids is 1. The number of halogens is 1. The molecule has 1 atom stereocenters. The van der Waals surface area contributed by atoms with Crippen molar-refractivity contribution in [2.24, 2.45) is 0 Å². The summed E-state index contributed by atoms with van der Waals surface area (Å²) in [5.74, 6) is 0.693. The van der Waals surface area contributed by atoms with Gasteiger partial charge in [0.2, 0.25) is 0 Å². The van der Waals surface area contributed by atoms with Crippen LogP contribution in [-0.4, -0.2) is 16.9 Å². The van der Waals surface area contributed by atoms with Gasteiger partial charge in [0, 0.05) is 18.7 Å². The van der Waals surface area contributed by atoms with E-state index < -0.39 is 0 Å². The van der Waals surface area contributed by atoms with Crippen LogP contribution in [0.4, 0.5) is 0 Å². The highest BCUT2D eigenvalue weighted by molar-refractivity contribution is 6.30. The molecule has 0 amide bonds. The Hall–Kier alpha value is -1.09. The van der Waals surface area contributed by atoms with Crippen molar-refractivity contribution in [1.29, 1.82) is 0 Å². The van der Waals surface area contributed by atoms with Gasteiger partial charge < -0.3 is 4.74 Å².